The molecule has 1 saturated carbocycles. The van der Waals surface area contributed by atoms with Crippen molar-refractivity contribution in [1.29, 1.82) is 0 Å². The molecular weight excluding hydrogens is 200 g/mol. The largest absolute Gasteiger partial charge is 0.310 e. The number of nitrogens with zero attached hydrogens (tertiary/aromatic N) is 2. The van der Waals surface area contributed by atoms with Crippen LogP contribution in [0.15, 0.2) is 18.3 Å². The Morgan fingerprint density at radius 1 is 1.50 bits per heavy atom. The average molecular weight is 209 g/mol. The van der Waals surface area contributed by atoms with E-state index < -0.39 is 0 Å². The number of pyridine rings is 1. The van der Waals surface area contributed by atoms with Crippen LogP contribution in [0.1, 0.15) is 6.42 Å². The maximum Gasteiger partial charge on any atom is 0.230 e. The molecule has 2 atom stereocenters. The van der Waals surface area contributed by atoms with Crippen LogP contribution in [0.4, 0.5) is 5.69 Å². The first-order chi connectivity index (χ1) is 6.75. The first-order valence-corrected chi connectivity index (χ1v) is 5.06. The van der Waals surface area contributed by atoms with Gasteiger partial charge in [-0.2, -0.15) is 0 Å². The quantitative estimate of drug-likeness (QED) is 0.659. The van der Waals surface area contributed by atoms with Crippen LogP contribution in [-0.2, 0) is 4.79 Å². The first kappa shape index (κ1) is 8.24. The van der Waals surface area contributed by atoms with Gasteiger partial charge >= 0.3 is 0 Å². The molecule has 0 N–H and O–H groups in total. The first-order valence-electron chi connectivity index (χ1n) is 4.68. The summed E-state index contributed by atoms with van der Waals surface area (Å²) < 4.78 is 0. The van der Waals surface area contributed by atoms with Gasteiger partial charge in [0.25, 0.3) is 0 Å². The van der Waals surface area contributed by atoms with E-state index in [4.69, 9.17) is 11.6 Å². The average Bonchev–Trinajstić information content (AvgIpc) is 2.88. The van der Waals surface area contributed by atoms with Crippen LogP contribution in [0, 0.1) is 11.8 Å². The van der Waals surface area contributed by atoms with E-state index in [9.17, 15) is 4.79 Å². The monoisotopic (exact) mass is 208 g/mol. The van der Waals surface area contributed by atoms with Crippen LogP contribution in [0.3, 0.4) is 0 Å². The summed E-state index contributed by atoms with van der Waals surface area (Å²) in [6, 6.07) is 3.56. The zero-order valence-electron chi connectivity index (χ0n) is 7.48. The van der Waals surface area contributed by atoms with Gasteiger partial charge in [0.05, 0.1) is 11.9 Å². The zero-order valence-corrected chi connectivity index (χ0v) is 8.24. The summed E-state index contributed by atoms with van der Waals surface area (Å²) in [5, 5.41) is 0.463. The van der Waals surface area contributed by atoms with Gasteiger partial charge < -0.3 is 4.90 Å². The second-order valence-electron chi connectivity index (χ2n) is 3.89. The fourth-order valence-corrected chi connectivity index (χ4v) is 2.15. The summed E-state index contributed by atoms with van der Waals surface area (Å²) >= 11 is 5.68. The third-order valence-corrected chi connectivity index (χ3v) is 3.17. The maximum absolute atomic E-state index is 11.7. The zero-order chi connectivity index (χ0) is 9.71. The number of hydrogen-bond donors (Lipinski definition) is 0. The van der Waals surface area contributed by atoms with Crippen molar-refractivity contribution < 1.29 is 4.79 Å². The number of halogens is 1. The van der Waals surface area contributed by atoms with Crippen molar-refractivity contribution >= 4 is 23.2 Å². The van der Waals surface area contributed by atoms with E-state index in [1.165, 1.54) is 0 Å². The molecule has 2 fully saturated rings. The van der Waals surface area contributed by atoms with Gasteiger partial charge in [-0.3, -0.25) is 4.79 Å². The molecule has 1 aliphatic carbocycles. The van der Waals surface area contributed by atoms with Crippen molar-refractivity contribution in [3.63, 3.8) is 0 Å². The van der Waals surface area contributed by atoms with Gasteiger partial charge in [0.1, 0.15) is 5.15 Å². The highest BCUT2D eigenvalue weighted by Gasteiger charge is 2.52. The van der Waals surface area contributed by atoms with Crippen LogP contribution in [0.25, 0.3) is 0 Å². The van der Waals surface area contributed by atoms with Crippen LogP contribution < -0.4 is 4.90 Å². The van der Waals surface area contributed by atoms with E-state index in [0.29, 0.717) is 17.0 Å². The number of rotatable bonds is 1. The molecule has 14 heavy (non-hydrogen) atoms. The summed E-state index contributed by atoms with van der Waals surface area (Å²) in [5.74, 6) is 1.14. The van der Waals surface area contributed by atoms with E-state index in [0.717, 1.165) is 18.7 Å². The maximum atomic E-state index is 11.7. The summed E-state index contributed by atoms with van der Waals surface area (Å²) in [7, 11) is 0. The number of piperidine rings is 1. The van der Waals surface area contributed by atoms with E-state index in [1.807, 2.05) is 11.0 Å². The minimum Gasteiger partial charge on any atom is -0.310 e. The highest BCUT2D eigenvalue weighted by molar-refractivity contribution is 6.29. The lowest BCUT2D eigenvalue weighted by Gasteiger charge is -2.17. The lowest BCUT2D eigenvalue weighted by Crippen LogP contribution is -2.27. The molecule has 3 nitrogen and oxygen atoms in total. The lowest BCUT2D eigenvalue weighted by molar-refractivity contribution is -0.118. The third-order valence-electron chi connectivity index (χ3n) is 2.95. The fourth-order valence-electron chi connectivity index (χ4n) is 2.04. The standard InChI is InChI=1S/C10H9ClN2O/c11-9-2-1-7(4-12-9)13-5-6-3-8(6)10(13)14/h1-2,4,6,8H,3,5H2. The highest BCUT2D eigenvalue weighted by atomic mass is 35.5. The molecule has 0 aromatic carbocycles. The minimum atomic E-state index is 0.249. The van der Waals surface area contributed by atoms with Crippen molar-refractivity contribution in [2.24, 2.45) is 11.8 Å². The molecule has 2 aliphatic rings. The Balaban J connectivity index is 1.89. The molecule has 1 aromatic heterocycles. The minimum absolute atomic E-state index is 0.249. The van der Waals surface area contributed by atoms with Gasteiger partial charge in [-0.25, -0.2) is 4.98 Å². The van der Waals surface area contributed by atoms with Gasteiger partial charge in [-0.15, -0.1) is 0 Å². The van der Waals surface area contributed by atoms with E-state index in [-0.39, 0.29) is 5.91 Å². The number of amides is 1. The number of hydrogen-bond acceptors (Lipinski definition) is 2. The number of carbonyl (C=O) groups excluding carboxylic acids is 1. The molecule has 3 rings (SSSR count). The molecule has 1 saturated heterocycles. The van der Waals surface area contributed by atoms with Crippen molar-refractivity contribution in [2.45, 2.75) is 6.42 Å². The smallest absolute Gasteiger partial charge is 0.230 e. The Morgan fingerprint density at radius 2 is 2.36 bits per heavy atom. The van der Waals surface area contributed by atoms with E-state index >= 15 is 0 Å². The second-order valence-corrected chi connectivity index (χ2v) is 4.28. The fraction of sp³-hybridized carbons (Fsp3) is 0.400. The van der Waals surface area contributed by atoms with Crippen molar-refractivity contribution in [3.05, 3.63) is 23.5 Å². The Bertz CT molecular complexity index is 390. The number of carbonyl (C=O) groups is 1. The Hall–Kier alpha value is -1.09. The van der Waals surface area contributed by atoms with Crippen molar-refractivity contribution in [1.82, 2.24) is 4.98 Å². The molecule has 2 heterocycles. The molecule has 0 bridgehead atoms. The topological polar surface area (TPSA) is 33.2 Å². The third kappa shape index (κ3) is 1.12. The number of aromatic nitrogens is 1. The molecule has 1 aromatic rings. The molecule has 0 radical (unpaired) electrons. The molecule has 1 aliphatic heterocycles. The molecule has 4 heteroatoms. The SMILES string of the molecule is O=C1C2CC2CN1c1ccc(Cl)nc1. The van der Waals surface area contributed by atoms with Crippen LogP contribution in [-0.4, -0.2) is 17.4 Å². The van der Waals surface area contributed by atoms with Crippen molar-refractivity contribution in [3.8, 4) is 0 Å². The normalized spacial score (nSPS) is 29.2. The van der Waals surface area contributed by atoms with Gasteiger partial charge in [-0.05, 0) is 24.5 Å². The number of fused-ring (bicyclic) bond motifs is 1. The molecular formula is C10H9ClN2O. The predicted molar refractivity (Wildman–Crippen MR) is 53.2 cm³/mol. The summed E-state index contributed by atoms with van der Waals surface area (Å²) in [5.41, 5.74) is 0.867. The Kier molecular flexibility index (Phi) is 1.59. The van der Waals surface area contributed by atoms with Crippen LogP contribution in [0.2, 0.25) is 5.15 Å². The van der Waals surface area contributed by atoms with Crippen LogP contribution in [0.5, 0.6) is 0 Å². The molecule has 0 spiro atoms. The molecule has 2 unspecified atom stereocenters. The van der Waals surface area contributed by atoms with E-state index in [1.54, 1.807) is 12.3 Å². The van der Waals surface area contributed by atoms with Crippen molar-refractivity contribution in [2.75, 3.05) is 11.4 Å². The van der Waals surface area contributed by atoms with Gasteiger partial charge in [0.15, 0.2) is 0 Å². The Morgan fingerprint density at radius 3 is 2.93 bits per heavy atom. The van der Waals surface area contributed by atoms with Gasteiger partial charge in [0, 0.05) is 12.5 Å². The summed E-state index contributed by atoms with van der Waals surface area (Å²) in [4.78, 5) is 17.5. The second kappa shape index (κ2) is 2.70. The summed E-state index contributed by atoms with van der Waals surface area (Å²) in [6.07, 6.45) is 2.74. The van der Waals surface area contributed by atoms with Gasteiger partial charge in [0.2, 0.25) is 5.91 Å². The van der Waals surface area contributed by atoms with Crippen LogP contribution >= 0.6 is 11.6 Å². The highest BCUT2D eigenvalue weighted by Crippen LogP contribution is 2.47. The van der Waals surface area contributed by atoms with Gasteiger partial charge in [-0.1, -0.05) is 11.6 Å². The number of anilines is 1. The molecule has 72 valence electrons. The Labute approximate surface area is 86.7 Å². The molecule has 1 amide bonds. The summed E-state index contributed by atoms with van der Waals surface area (Å²) in [6.45, 7) is 0.854. The predicted octanol–water partition coefficient (Wildman–Crippen LogP) is 1.72. The lowest BCUT2D eigenvalue weighted by atomic mass is 10.3. The van der Waals surface area contributed by atoms with E-state index in [2.05, 4.69) is 4.98 Å².